The zero-order valence-electron chi connectivity index (χ0n) is 8.70. The summed E-state index contributed by atoms with van der Waals surface area (Å²) in [6.45, 7) is 0. The molecule has 1 saturated carbocycles. The van der Waals surface area contributed by atoms with E-state index in [0.717, 1.165) is 34.7 Å². The van der Waals surface area contributed by atoms with E-state index in [2.05, 4.69) is 10.2 Å². The molecule has 0 radical (unpaired) electrons. The minimum Gasteiger partial charge on any atom is -0.321 e. The number of benzene rings is 1. The molecule has 2 aromatic rings. The lowest BCUT2D eigenvalue weighted by atomic mass is 10.0. The standard InChI is InChI=1S/C12H12ClN3/c13-9-3-1-8(2-4-9)11-10(7-15-16-11)12(14)5-6-12/h1-4,7H,5-6,14H2,(H,15,16). The molecule has 4 heteroatoms. The fourth-order valence-electron chi connectivity index (χ4n) is 1.90. The number of hydrogen-bond acceptors (Lipinski definition) is 2. The monoisotopic (exact) mass is 233 g/mol. The number of halogens is 1. The fourth-order valence-corrected chi connectivity index (χ4v) is 2.03. The molecule has 3 nitrogen and oxygen atoms in total. The first-order valence-corrected chi connectivity index (χ1v) is 5.65. The third-order valence-electron chi connectivity index (χ3n) is 3.10. The first-order chi connectivity index (χ1) is 7.69. The molecule has 0 atom stereocenters. The number of nitrogens with one attached hydrogen (secondary N) is 1. The molecule has 1 aromatic carbocycles. The maximum absolute atomic E-state index is 6.19. The van der Waals surface area contributed by atoms with Gasteiger partial charge in [-0.1, -0.05) is 23.7 Å². The van der Waals surface area contributed by atoms with Crippen LogP contribution in [0, 0.1) is 0 Å². The highest BCUT2D eigenvalue weighted by Gasteiger charge is 2.42. The van der Waals surface area contributed by atoms with Gasteiger partial charge in [-0.15, -0.1) is 0 Å². The van der Waals surface area contributed by atoms with Crippen molar-refractivity contribution < 1.29 is 0 Å². The minimum atomic E-state index is -0.165. The predicted molar refractivity (Wildman–Crippen MR) is 64.1 cm³/mol. The summed E-state index contributed by atoms with van der Waals surface area (Å²) in [7, 11) is 0. The van der Waals surface area contributed by atoms with Crippen LogP contribution in [0.25, 0.3) is 11.3 Å². The summed E-state index contributed by atoms with van der Waals surface area (Å²) in [4.78, 5) is 0. The van der Waals surface area contributed by atoms with Gasteiger partial charge in [0, 0.05) is 16.1 Å². The van der Waals surface area contributed by atoms with Crippen molar-refractivity contribution in [3.05, 3.63) is 41.0 Å². The van der Waals surface area contributed by atoms with Gasteiger partial charge in [-0.3, -0.25) is 5.10 Å². The van der Waals surface area contributed by atoms with Gasteiger partial charge >= 0.3 is 0 Å². The van der Waals surface area contributed by atoms with Crippen LogP contribution in [0.4, 0.5) is 0 Å². The number of nitrogens with two attached hydrogens (primary N) is 1. The van der Waals surface area contributed by atoms with E-state index < -0.39 is 0 Å². The summed E-state index contributed by atoms with van der Waals surface area (Å²) in [5, 5.41) is 7.84. The highest BCUT2D eigenvalue weighted by Crippen LogP contribution is 2.45. The Morgan fingerprint density at radius 1 is 1.25 bits per heavy atom. The first kappa shape index (κ1) is 9.87. The largest absolute Gasteiger partial charge is 0.321 e. The molecule has 3 rings (SSSR count). The Hall–Kier alpha value is -1.32. The molecule has 1 aliphatic rings. The first-order valence-electron chi connectivity index (χ1n) is 5.28. The third-order valence-corrected chi connectivity index (χ3v) is 3.35. The topological polar surface area (TPSA) is 54.7 Å². The summed E-state index contributed by atoms with van der Waals surface area (Å²) in [5.74, 6) is 0. The molecule has 0 bridgehead atoms. The van der Waals surface area contributed by atoms with Crippen molar-refractivity contribution in [3.63, 3.8) is 0 Å². The molecule has 1 aliphatic carbocycles. The van der Waals surface area contributed by atoms with Crippen LogP contribution in [0.3, 0.4) is 0 Å². The number of H-pyrrole nitrogens is 1. The molecule has 82 valence electrons. The van der Waals surface area contributed by atoms with Crippen molar-refractivity contribution in [2.45, 2.75) is 18.4 Å². The van der Waals surface area contributed by atoms with Crippen LogP contribution in [0.2, 0.25) is 5.02 Å². The number of aromatic amines is 1. The molecule has 0 spiro atoms. The second-order valence-electron chi connectivity index (χ2n) is 4.32. The van der Waals surface area contributed by atoms with Crippen molar-refractivity contribution in [1.82, 2.24) is 10.2 Å². The van der Waals surface area contributed by atoms with Gasteiger partial charge in [0.05, 0.1) is 11.9 Å². The average Bonchev–Trinajstić information content (AvgIpc) is 2.84. The lowest BCUT2D eigenvalue weighted by Crippen LogP contribution is -2.18. The van der Waals surface area contributed by atoms with Crippen LogP contribution >= 0.6 is 11.6 Å². The van der Waals surface area contributed by atoms with E-state index in [4.69, 9.17) is 17.3 Å². The van der Waals surface area contributed by atoms with Crippen molar-refractivity contribution in [2.24, 2.45) is 5.73 Å². The lowest BCUT2D eigenvalue weighted by molar-refractivity contribution is 0.743. The number of hydrogen-bond donors (Lipinski definition) is 2. The summed E-state index contributed by atoms with van der Waals surface area (Å²) in [5.41, 5.74) is 9.22. The van der Waals surface area contributed by atoms with Crippen LogP contribution in [0.5, 0.6) is 0 Å². The smallest absolute Gasteiger partial charge is 0.0700 e. The number of aromatic nitrogens is 2. The summed E-state index contributed by atoms with van der Waals surface area (Å²) in [6.07, 6.45) is 3.90. The summed E-state index contributed by atoms with van der Waals surface area (Å²) in [6, 6.07) is 7.70. The van der Waals surface area contributed by atoms with E-state index in [9.17, 15) is 0 Å². The SMILES string of the molecule is NC1(c2cn[nH]c2-c2ccc(Cl)cc2)CC1. The van der Waals surface area contributed by atoms with Crippen LogP contribution in [-0.4, -0.2) is 10.2 Å². The molecule has 0 unspecified atom stereocenters. The Labute approximate surface area is 98.6 Å². The highest BCUT2D eigenvalue weighted by molar-refractivity contribution is 6.30. The van der Waals surface area contributed by atoms with Crippen LogP contribution in [0.15, 0.2) is 30.5 Å². The highest BCUT2D eigenvalue weighted by atomic mass is 35.5. The number of rotatable bonds is 2. The van der Waals surface area contributed by atoms with Crippen LogP contribution in [0.1, 0.15) is 18.4 Å². The molecule has 1 heterocycles. The molecule has 3 N–H and O–H groups in total. The Morgan fingerprint density at radius 3 is 2.56 bits per heavy atom. The van der Waals surface area contributed by atoms with E-state index in [1.165, 1.54) is 0 Å². The normalized spacial score (nSPS) is 17.4. The molecular formula is C12H12ClN3. The van der Waals surface area contributed by atoms with Gasteiger partial charge in [-0.2, -0.15) is 5.10 Å². The van der Waals surface area contributed by atoms with Gasteiger partial charge in [0.2, 0.25) is 0 Å². The maximum Gasteiger partial charge on any atom is 0.0700 e. The Bertz CT molecular complexity index is 511. The van der Waals surface area contributed by atoms with Crippen molar-refractivity contribution in [2.75, 3.05) is 0 Å². The number of nitrogens with zero attached hydrogens (tertiary/aromatic N) is 1. The lowest BCUT2D eigenvalue weighted by Gasteiger charge is -2.09. The second kappa shape index (κ2) is 3.34. The summed E-state index contributed by atoms with van der Waals surface area (Å²) < 4.78 is 0. The fraction of sp³-hybridized carbons (Fsp3) is 0.250. The summed E-state index contributed by atoms with van der Waals surface area (Å²) >= 11 is 5.86. The van der Waals surface area contributed by atoms with Gasteiger partial charge in [-0.05, 0) is 30.5 Å². The van der Waals surface area contributed by atoms with Crippen LogP contribution in [-0.2, 0) is 5.54 Å². The second-order valence-corrected chi connectivity index (χ2v) is 4.76. The van der Waals surface area contributed by atoms with E-state index in [0.29, 0.717) is 0 Å². The molecule has 0 amide bonds. The van der Waals surface area contributed by atoms with Gasteiger partial charge < -0.3 is 5.73 Å². The Kier molecular flexibility index (Phi) is 2.06. The van der Waals surface area contributed by atoms with Crippen molar-refractivity contribution in [1.29, 1.82) is 0 Å². The van der Waals surface area contributed by atoms with Crippen LogP contribution < -0.4 is 5.73 Å². The predicted octanol–water partition coefficient (Wildman–Crippen LogP) is 2.68. The van der Waals surface area contributed by atoms with Gasteiger partial charge in [0.1, 0.15) is 0 Å². The van der Waals surface area contributed by atoms with E-state index in [-0.39, 0.29) is 5.54 Å². The molecule has 1 aromatic heterocycles. The molecule has 16 heavy (non-hydrogen) atoms. The van der Waals surface area contributed by atoms with Gasteiger partial charge in [-0.25, -0.2) is 0 Å². The minimum absolute atomic E-state index is 0.165. The van der Waals surface area contributed by atoms with E-state index >= 15 is 0 Å². The molecule has 1 fully saturated rings. The van der Waals surface area contributed by atoms with E-state index in [1.807, 2.05) is 30.5 Å². The quantitative estimate of drug-likeness (QED) is 0.838. The van der Waals surface area contributed by atoms with Gasteiger partial charge in [0.15, 0.2) is 0 Å². The Morgan fingerprint density at radius 2 is 1.94 bits per heavy atom. The van der Waals surface area contributed by atoms with E-state index in [1.54, 1.807) is 0 Å². The molecule has 0 saturated heterocycles. The third kappa shape index (κ3) is 1.52. The zero-order chi connectivity index (χ0) is 11.2. The van der Waals surface area contributed by atoms with Gasteiger partial charge in [0.25, 0.3) is 0 Å². The average molecular weight is 234 g/mol. The molecular weight excluding hydrogens is 222 g/mol. The molecule has 0 aliphatic heterocycles. The zero-order valence-corrected chi connectivity index (χ0v) is 9.46. The maximum atomic E-state index is 6.19. The Balaban J connectivity index is 2.06. The van der Waals surface area contributed by atoms with Crippen molar-refractivity contribution in [3.8, 4) is 11.3 Å². The van der Waals surface area contributed by atoms with Crippen molar-refractivity contribution >= 4 is 11.6 Å².